The van der Waals surface area contributed by atoms with E-state index in [1.807, 2.05) is 32.9 Å². The van der Waals surface area contributed by atoms with Gasteiger partial charge in [0.2, 0.25) is 11.6 Å². The summed E-state index contributed by atoms with van der Waals surface area (Å²) in [6.07, 6.45) is 2.19. The Balaban J connectivity index is 2.00. The number of ether oxygens (including phenoxy) is 1. The zero-order valence-corrected chi connectivity index (χ0v) is 13.4. The highest BCUT2D eigenvalue weighted by molar-refractivity contribution is 5.87. The van der Waals surface area contributed by atoms with E-state index in [1.165, 1.54) is 11.8 Å². The van der Waals surface area contributed by atoms with Crippen molar-refractivity contribution in [2.45, 2.75) is 27.2 Å². The number of hydrogen-bond donors (Lipinski definition) is 0. The summed E-state index contributed by atoms with van der Waals surface area (Å²) in [6, 6.07) is 11.0. The summed E-state index contributed by atoms with van der Waals surface area (Å²) < 4.78 is 12.2. The van der Waals surface area contributed by atoms with Gasteiger partial charge in [-0.1, -0.05) is 24.6 Å². The smallest absolute Gasteiger partial charge is 0.380 e. The van der Waals surface area contributed by atoms with E-state index in [2.05, 4.69) is 11.2 Å². The Hall–Kier alpha value is -2.82. The fraction of sp³-hybridized carbons (Fsp3) is 0.222. The number of carbonyl (C=O) groups excluding carboxylic acids is 1. The van der Waals surface area contributed by atoms with E-state index in [4.69, 9.17) is 9.15 Å². The maximum Gasteiger partial charge on any atom is 0.380 e. The predicted octanol–water partition coefficient (Wildman–Crippen LogP) is 3.86. The monoisotopic (exact) mass is 310 g/mol. The van der Waals surface area contributed by atoms with Gasteiger partial charge in [-0.25, -0.2) is 9.48 Å². The number of aryl methyl sites for hydroxylation is 3. The molecule has 0 N–H and O–H groups in total. The van der Waals surface area contributed by atoms with Gasteiger partial charge in [-0.05, 0) is 44.0 Å². The molecule has 0 spiro atoms. The second kappa shape index (κ2) is 6.12. The summed E-state index contributed by atoms with van der Waals surface area (Å²) in [5, 5.41) is 4.53. The minimum Gasteiger partial charge on any atom is -0.457 e. The van der Waals surface area contributed by atoms with Gasteiger partial charge in [0.05, 0.1) is 17.6 Å². The van der Waals surface area contributed by atoms with Crippen LogP contribution in [-0.4, -0.2) is 15.7 Å². The highest BCUT2D eigenvalue weighted by Gasteiger charge is 2.18. The zero-order valence-electron chi connectivity index (χ0n) is 13.4. The lowest BCUT2D eigenvalue weighted by atomic mass is 10.1. The first-order chi connectivity index (χ1) is 11.1. The van der Waals surface area contributed by atoms with E-state index < -0.39 is 5.97 Å². The molecular weight excluding hydrogens is 292 g/mol. The zero-order chi connectivity index (χ0) is 16.4. The quantitative estimate of drug-likeness (QED) is 0.687. The molecule has 3 rings (SSSR count). The van der Waals surface area contributed by atoms with Gasteiger partial charge < -0.3 is 9.15 Å². The van der Waals surface area contributed by atoms with Crippen molar-refractivity contribution >= 4 is 5.97 Å². The Morgan fingerprint density at radius 3 is 2.74 bits per heavy atom. The molecule has 0 saturated heterocycles. The number of nitrogens with zero attached hydrogens (tertiary/aromatic N) is 2. The largest absolute Gasteiger partial charge is 0.457 e. The van der Waals surface area contributed by atoms with E-state index in [1.54, 1.807) is 22.9 Å². The van der Waals surface area contributed by atoms with E-state index in [0.717, 1.165) is 23.4 Å². The number of esters is 1. The first kappa shape index (κ1) is 15.1. The SMILES string of the molecule is CCc1cc(OC(=O)c2ccco2)n(-c2ccc(C)cc2C)n1. The third kappa shape index (κ3) is 3.04. The molecule has 0 atom stereocenters. The Kier molecular flexibility index (Phi) is 4.02. The topological polar surface area (TPSA) is 57.3 Å². The van der Waals surface area contributed by atoms with E-state index in [-0.39, 0.29) is 5.76 Å². The third-order valence-corrected chi connectivity index (χ3v) is 3.59. The number of carbonyl (C=O) groups is 1. The lowest BCUT2D eigenvalue weighted by molar-refractivity contribution is 0.0689. The summed E-state index contributed by atoms with van der Waals surface area (Å²) in [7, 11) is 0. The van der Waals surface area contributed by atoms with Crippen LogP contribution in [0.2, 0.25) is 0 Å². The minimum absolute atomic E-state index is 0.163. The maximum atomic E-state index is 12.1. The van der Waals surface area contributed by atoms with Crippen molar-refractivity contribution in [3.8, 4) is 11.6 Å². The maximum absolute atomic E-state index is 12.1. The summed E-state index contributed by atoms with van der Waals surface area (Å²) >= 11 is 0. The van der Waals surface area contributed by atoms with E-state index in [0.29, 0.717) is 5.88 Å². The molecule has 2 heterocycles. The number of furan rings is 1. The lowest BCUT2D eigenvalue weighted by Gasteiger charge is -2.10. The fourth-order valence-corrected chi connectivity index (χ4v) is 2.41. The highest BCUT2D eigenvalue weighted by Crippen LogP contribution is 2.24. The van der Waals surface area contributed by atoms with Crippen LogP contribution in [0, 0.1) is 13.8 Å². The highest BCUT2D eigenvalue weighted by atomic mass is 16.6. The normalized spacial score (nSPS) is 10.7. The van der Waals surface area contributed by atoms with Crippen molar-refractivity contribution in [1.82, 2.24) is 9.78 Å². The molecule has 1 aromatic carbocycles. The van der Waals surface area contributed by atoms with Crippen LogP contribution in [0.1, 0.15) is 34.3 Å². The molecule has 5 heteroatoms. The third-order valence-electron chi connectivity index (χ3n) is 3.59. The first-order valence-corrected chi connectivity index (χ1v) is 7.50. The molecule has 0 aliphatic rings. The molecule has 5 nitrogen and oxygen atoms in total. The standard InChI is InChI=1S/C18H18N2O3/c1-4-14-11-17(23-18(21)16-6-5-9-22-16)20(19-14)15-8-7-12(2)10-13(15)3/h5-11H,4H2,1-3H3. The molecule has 3 aromatic rings. The van der Waals surface area contributed by atoms with Crippen LogP contribution in [-0.2, 0) is 6.42 Å². The Labute approximate surface area is 134 Å². The minimum atomic E-state index is -0.538. The molecule has 0 unspecified atom stereocenters. The van der Waals surface area contributed by atoms with Crippen LogP contribution < -0.4 is 4.74 Å². The lowest BCUT2D eigenvalue weighted by Crippen LogP contribution is -2.11. The van der Waals surface area contributed by atoms with Crippen molar-refractivity contribution in [1.29, 1.82) is 0 Å². The van der Waals surface area contributed by atoms with Crippen molar-refractivity contribution in [3.05, 3.63) is 65.2 Å². The van der Waals surface area contributed by atoms with Gasteiger partial charge >= 0.3 is 5.97 Å². The van der Waals surface area contributed by atoms with Crippen LogP contribution in [0.3, 0.4) is 0 Å². The van der Waals surface area contributed by atoms with Crippen molar-refractivity contribution in [2.24, 2.45) is 0 Å². The number of benzene rings is 1. The average Bonchev–Trinajstić information content (AvgIpc) is 3.17. The van der Waals surface area contributed by atoms with Crippen LogP contribution in [0.4, 0.5) is 0 Å². The number of rotatable bonds is 4. The average molecular weight is 310 g/mol. The van der Waals surface area contributed by atoms with Gasteiger partial charge in [0.15, 0.2) is 0 Å². The van der Waals surface area contributed by atoms with Gasteiger partial charge in [0.25, 0.3) is 0 Å². The van der Waals surface area contributed by atoms with E-state index >= 15 is 0 Å². The van der Waals surface area contributed by atoms with Gasteiger partial charge in [0.1, 0.15) is 0 Å². The molecule has 0 fully saturated rings. The summed E-state index contributed by atoms with van der Waals surface area (Å²) in [6.45, 7) is 6.05. The molecule has 2 aromatic heterocycles. The van der Waals surface area contributed by atoms with Crippen molar-refractivity contribution in [2.75, 3.05) is 0 Å². The second-order valence-corrected chi connectivity index (χ2v) is 5.40. The van der Waals surface area contributed by atoms with Gasteiger partial charge in [-0.3, -0.25) is 0 Å². The number of hydrogen-bond acceptors (Lipinski definition) is 4. The number of aromatic nitrogens is 2. The van der Waals surface area contributed by atoms with Crippen molar-refractivity contribution < 1.29 is 13.9 Å². The molecule has 0 bridgehead atoms. The predicted molar refractivity (Wildman–Crippen MR) is 86.1 cm³/mol. The molecule has 118 valence electrons. The molecule has 0 radical (unpaired) electrons. The molecule has 0 amide bonds. The van der Waals surface area contributed by atoms with Gasteiger partial charge in [0, 0.05) is 6.07 Å². The Bertz CT molecular complexity index is 832. The molecule has 0 aliphatic carbocycles. The van der Waals surface area contributed by atoms with Crippen LogP contribution in [0.15, 0.2) is 47.1 Å². The molecule has 23 heavy (non-hydrogen) atoms. The van der Waals surface area contributed by atoms with Crippen molar-refractivity contribution in [3.63, 3.8) is 0 Å². The van der Waals surface area contributed by atoms with Crippen LogP contribution in [0.25, 0.3) is 5.69 Å². The van der Waals surface area contributed by atoms with Gasteiger partial charge in [-0.2, -0.15) is 5.10 Å². The van der Waals surface area contributed by atoms with Crippen LogP contribution in [0.5, 0.6) is 5.88 Å². The van der Waals surface area contributed by atoms with Gasteiger partial charge in [-0.15, -0.1) is 0 Å². The molecule has 0 saturated carbocycles. The summed E-state index contributed by atoms with van der Waals surface area (Å²) in [4.78, 5) is 12.1. The first-order valence-electron chi connectivity index (χ1n) is 7.50. The molecule has 0 aliphatic heterocycles. The Morgan fingerprint density at radius 2 is 2.09 bits per heavy atom. The van der Waals surface area contributed by atoms with E-state index in [9.17, 15) is 4.79 Å². The summed E-state index contributed by atoms with van der Waals surface area (Å²) in [5.41, 5.74) is 3.97. The summed E-state index contributed by atoms with van der Waals surface area (Å²) in [5.74, 6) is 0.00944. The fourth-order valence-electron chi connectivity index (χ4n) is 2.41. The molecular formula is C18H18N2O3. The Morgan fingerprint density at radius 1 is 1.26 bits per heavy atom. The second-order valence-electron chi connectivity index (χ2n) is 5.40. The van der Waals surface area contributed by atoms with Crippen LogP contribution >= 0.6 is 0 Å².